The third kappa shape index (κ3) is 3.29. The molecule has 7 nitrogen and oxygen atoms in total. The summed E-state index contributed by atoms with van der Waals surface area (Å²) < 4.78 is 41.8. The van der Waals surface area contributed by atoms with E-state index in [0.29, 0.717) is 11.1 Å². The highest BCUT2D eigenvalue weighted by Gasteiger charge is 2.14. The molecule has 118 valence electrons. The van der Waals surface area contributed by atoms with Gasteiger partial charge in [-0.3, -0.25) is 4.98 Å². The van der Waals surface area contributed by atoms with Crippen molar-refractivity contribution in [3.8, 4) is 0 Å². The Morgan fingerprint density at radius 3 is 2.65 bits per heavy atom. The minimum Gasteiger partial charge on any atom is -0.408 e. The lowest BCUT2D eigenvalue weighted by molar-refractivity contribution is 0.553. The Kier molecular flexibility index (Phi) is 3.70. The predicted molar refractivity (Wildman–Crippen MR) is 81.2 cm³/mol. The molecule has 0 atom stereocenters. The largest absolute Gasteiger partial charge is 0.417 e. The van der Waals surface area contributed by atoms with Crippen LogP contribution in [0.5, 0.6) is 0 Å². The van der Waals surface area contributed by atoms with Crippen LogP contribution in [0.25, 0.3) is 11.1 Å². The Morgan fingerprint density at radius 2 is 1.91 bits per heavy atom. The summed E-state index contributed by atoms with van der Waals surface area (Å²) in [4.78, 5) is 15.4. The number of oxazole rings is 1. The molecule has 0 aliphatic heterocycles. The molecule has 1 aromatic heterocycles. The van der Waals surface area contributed by atoms with Crippen LogP contribution in [0, 0.1) is 5.82 Å². The monoisotopic (exact) mass is 335 g/mol. The quantitative estimate of drug-likeness (QED) is 0.558. The van der Waals surface area contributed by atoms with E-state index < -0.39 is 21.6 Å². The first-order chi connectivity index (χ1) is 10.9. The SMILES string of the molecule is O=c1[nH]c2ccc(S(=O)(=O)N/N=C/c3ccc(F)cc3)cc2o1. The third-order valence-electron chi connectivity index (χ3n) is 2.96. The Labute approximate surface area is 129 Å². The van der Waals surface area contributed by atoms with Gasteiger partial charge in [0.15, 0.2) is 5.58 Å². The molecule has 0 aliphatic carbocycles. The van der Waals surface area contributed by atoms with Crippen LogP contribution in [-0.4, -0.2) is 19.6 Å². The summed E-state index contributed by atoms with van der Waals surface area (Å²) >= 11 is 0. The zero-order valence-corrected chi connectivity index (χ0v) is 12.3. The summed E-state index contributed by atoms with van der Waals surface area (Å²) in [6.45, 7) is 0. The van der Waals surface area contributed by atoms with Crippen molar-refractivity contribution in [3.63, 3.8) is 0 Å². The van der Waals surface area contributed by atoms with Gasteiger partial charge in [-0.1, -0.05) is 12.1 Å². The zero-order chi connectivity index (χ0) is 16.4. The minimum absolute atomic E-state index is 0.107. The first-order valence-electron chi connectivity index (χ1n) is 6.37. The Morgan fingerprint density at radius 1 is 1.17 bits per heavy atom. The number of hydrogen-bond acceptors (Lipinski definition) is 5. The number of aromatic amines is 1. The summed E-state index contributed by atoms with van der Waals surface area (Å²) in [5, 5.41) is 3.62. The number of fused-ring (bicyclic) bond motifs is 1. The highest BCUT2D eigenvalue weighted by molar-refractivity contribution is 7.89. The maximum Gasteiger partial charge on any atom is 0.417 e. The van der Waals surface area contributed by atoms with Crippen molar-refractivity contribution in [2.24, 2.45) is 5.10 Å². The van der Waals surface area contributed by atoms with Gasteiger partial charge in [0.05, 0.1) is 16.6 Å². The number of hydrazone groups is 1. The van der Waals surface area contributed by atoms with Crippen molar-refractivity contribution < 1.29 is 17.2 Å². The van der Waals surface area contributed by atoms with E-state index >= 15 is 0 Å². The summed E-state index contributed by atoms with van der Waals surface area (Å²) in [6, 6.07) is 9.31. The average molecular weight is 335 g/mol. The van der Waals surface area contributed by atoms with Crippen LogP contribution in [0.4, 0.5) is 4.39 Å². The van der Waals surface area contributed by atoms with E-state index in [2.05, 4.69) is 10.1 Å². The number of benzene rings is 2. The molecular formula is C14H10FN3O4S. The fourth-order valence-corrected chi connectivity index (χ4v) is 2.67. The number of nitrogens with zero attached hydrogens (tertiary/aromatic N) is 1. The van der Waals surface area contributed by atoms with E-state index in [-0.39, 0.29) is 10.5 Å². The molecule has 9 heteroatoms. The molecule has 0 radical (unpaired) electrons. The van der Waals surface area contributed by atoms with Crippen LogP contribution in [0.15, 0.2) is 61.7 Å². The molecule has 0 aliphatic rings. The highest BCUT2D eigenvalue weighted by atomic mass is 32.2. The maximum absolute atomic E-state index is 12.8. The van der Waals surface area contributed by atoms with E-state index in [4.69, 9.17) is 4.42 Å². The summed E-state index contributed by atoms with van der Waals surface area (Å²) in [5.74, 6) is -1.07. The molecule has 0 fully saturated rings. The summed E-state index contributed by atoms with van der Waals surface area (Å²) in [7, 11) is -3.92. The van der Waals surface area contributed by atoms with E-state index in [1.165, 1.54) is 48.7 Å². The molecule has 2 N–H and O–H groups in total. The second kappa shape index (κ2) is 5.69. The molecule has 0 amide bonds. The van der Waals surface area contributed by atoms with Gasteiger partial charge in [0.25, 0.3) is 10.0 Å². The molecular weight excluding hydrogens is 325 g/mol. The van der Waals surface area contributed by atoms with E-state index in [1.807, 2.05) is 4.83 Å². The first-order valence-corrected chi connectivity index (χ1v) is 7.86. The van der Waals surface area contributed by atoms with Gasteiger partial charge in [0.2, 0.25) is 0 Å². The van der Waals surface area contributed by atoms with Gasteiger partial charge in [-0.2, -0.15) is 13.5 Å². The number of rotatable bonds is 4. The maximum atomic E-state index is 12.8. The Bertz CT molecular complexity index is 1040. The van der Waals surface area contributed by atoms with E-state index in [0.717, 1.165) is 0 Å². The lowest BCUT2D eigenvalue weighted by Crippen LogP contribution is -2.18. The minimum atomic E-state index is -3.92. The second-order valence-corrected chi connectivity index (χ2v) is 6.24. The predicted octanol–water partition coefficient (Wildman–Crippen LogP) is 1.57. The van der Waals surface area contributed by atoms with Crippen molar-refractivity contribution >= 4 is 27.3 Å². The standard InChI is InChI=1S/C14H10FN3O4S/c15-10-3-1-9(2-4-10)8-16-18-23(20,21)11-5-6-12-13(7-11)22-14(19)17-12/h1-8,18H,(H,17,19)/b16-8+. The van der Waals surface area contributed by atoms with Crippen molar-refractivity contribution in [3.05, 3.63) is 64.4 Å². The van der Waals surface area contributed by atoms with Crippen molar-refractivity contribution in [1.29, 1.82) is 0 Å². The van der Waals surface area contributed by atoms with Gasteiger partial charge >= 0.3 is 5.76 Å². The van der Waals surface area contributed by atoms with Gasteiger partial charge in [-0.05, 0) is 29.8 Å². The molecule has 1 heterocycles. The van der Waals surface area contributed by atoms with Crippen LogP contribution in [0.3, 0.4) is 0 Å². The van der Waals surface area contributed by atoms with Gasteiger partial charge in [-0.15, -0.1) is 0 Å². The second-order valence-electron chi connectivity index (χ2n) is 4.58. The number of aromatic nitrogens is 1. The average Bonchev–Trinajstić information content (AvgIpc) is 2.88. The van der Waals surface area contributed by atoms with Crippen molar-refractivity contribution in [1.82, 2.24) is 9.82 Å². The van der Waals surface area contributed by atoms with Gasteiger partial charge in [-0.25, -0.2) is 14.0 Å². The van der Waals surface area contributed by atoms with Gasteiger partial charge < -0.3 is 4.42 Å². The normalized spacial score (nSPS) is 12.0. The van der Waals surface area contributed by atoms with Gasteiger partial charge in [0.1, 0.15) is 5.82 Å². The fourth-order valence-electron chi connectivity index (χ4n) is 1.86. The van der Waals surface area contributed by atoms with Gasteiger partial charge in [0, 0.05) is 6.07 Å². The Hall–Kier alpha value is -2.94. The van der Waals surface area contributed by atoms with Crippen LogP contribution < -0.4 is 10.6 Å². The number of nitrogens with one attached hydrogen (secondary N) is 2. The first kappa shape index (κ1) is 15.0. The molecule has 0 saturated heterocycles. The van der Waals surface area contributed by atoms with E-state index in [1.54, 1.807) is 0 Å². The highest BCUT2D eigenvalue weighted by Crippen LogP contribution is 2.16. The lowest BCUT2D eigenvalue weighted by Gasteiger charge is -2.02. The summed E-state index contributed by atoms with van der Waals surface area (Å²) in [6.07, 6.45) is 1.24. The number of H-pyrrole nitrogens is 1. The lowest BCUT2D eigenvalue weighted by atomic mass is 10.2. The number of halogens is 1. The van der Waals surface area contributed by atoms with Crippen LogP contribution in [-0.2, 0) is 10.0 Å². The van der Waals surface area contributed by atoms with Crippen molar-refractivity contribution in [2.75, 3.05) is 0 Å². The fraction of sp³-hybridized carbons (Fsp3) is 0. The van der Waals surface area contributed by atoms with Crippen LogP contribution in [0.1, 0.15) is 5.56 Å². The topological polar surface area (TPSA) is 105 Å². The molecule has 3 rings (SSSR count). The molecule has 0 saturated carbocycles. The zero-order valence-electron chi connectivity index (χ0n) is 11.5. The van der Waals surface area contributed by atoms with Crippen molar-refractivity contribution in [2.45, 2.75) is 4.90 Å². The molecule has 0 spiro atoms. The van der Waals surface area contributed by atoms with E-state index in [9.17, 15) is 17.6 Å². The molecule has 23 heavy (non-hydrogen) atoms. The smallest absolute Gasteiger partial charge is 0.408 e. The molecule has 3 aromatic rings. The number of hydrogen-bond donors (Lipinski definition) is 2. The number of sulfonamides is 1. The summed E-state index contributed by atoms with van der Waals surface area (Å²) in [5.41, 5.74) is 1.05. The Balaban J connectivity index is 1.82. The van der Waals surface area contributed by atoms with Crippen LogP contribution >= 0.6 is 0 Å². The molecule has 2 aromatic carbocycles. The molecule has 0 bridgehead atoms. The van der Waals surface area contributed by atoms with Crippen LogP contribution in [0.2, 0.25) is 0 Å². The molecule has 0 unspecified atom stereocenters. The third-order valence-corrected chi connectivity index (χ3v) is 4.18.